The summed E-state index contributed by atoms with van der Waals surface area (Å²) in [6, 6.07) is 18.2. The van der Waals surface area contributed by atoms with E-state index in [1.54, 1.807) is 52.3 Å². The van der Waals surface area contributed by atoms with Crippen molar-refractivity contribution in [2.75, 3.05) is 16.4 Å². The monoisotopic (exact) mass is 478 g/mol. The SMILES string of the molecule is CC(=O)Nc1ccc(NC(=O)CSc2nc3ccccc3c(=O)n2CCc2cccs2)cc1. The number of amides is 2. The number of benzene rings is 2. The maximum absolute atomic E-state index is 13.1. The molecule has 0 atom stereocenters. The maximum atomic E-state index is 13.1. The van der Waals surface area contributed by atoms with Gasteiger partial charge >= 0.3 is 0 Å². The minimum Gasteiger partial charge on any atom is -0.326 e. The fourth-order valence-electron chi connectivity index (χ4n) is 3.30. The number of fused-ring (bicyclic) bond motifs is 1. The number of aryl methyl sites for hydroxylation is 1. The second-order valence-corrected chi connectivity index (χ2v) is 9.27. The van der Waals surface area contributed by atoms with Crippen molar-refractivity contribution in [2.24, 2.45) is 0 Å². The Kier molecular flexibility index (Phi) is 7.21. The van der Waals surface area contributed by atoms with E-state index in [0.29, 0.717) is 34.0 Å². The topological polar surface area (TPSA) is 93.1 Å². The van der Waals surface area contributed by atoms with Crippen molar-refractivity contribution < 1.29 is 9.59 Å². The molecule has 7 nitrogen and oxygen atoms in total. The van der Waals surface area contributed by atoms with Crippen molar-refractivity contribution in [3.05, 3.63) is 81.3 Å². The lowest BCUT2D eigenvalue weighted by Crippen LogP contribution is -2.25. The number of nitrogens with zero attached hydrogens (tertiary/aromatic N) is 2. The van der Waals surface area contributed by atoms with Gasteiger partial charge in [0, 0.05) is 29.7 Å². The Labute approximate surface area is 198 Å². The molecule has 0 aliphatic heterocycles. The number of hydrogen-bond donors (Lipinski definition) is 2. The van der Waals surface area contributed by atoms with E-state index in [1.807, 2.05) is 29.6 Å². The van der Waals surface area contributed by atoms with Gasteiger partial charge in [-0.1, -0.05) is 30.0 Å². The van der Waals surface area contributed by atoms with Crippen LogP contribution in [-0.4, -0.2) is 27.1 Å². The predicted octanol–water partition coefficient (Wildman–Crippen LogP) is 4.39. The molecule has 9 heteroatoms. The lowest BCUT2D eigenvalue weighted by Gasteiger charge is -2.13. The molecule has 0 spiro atoms. The fourth-order valence-corrected chi connectivity index (χ4v) is 4.82. The Morgan fingerprint density at radius 1 is 1.00 bits per heavy atom. The van der Waals surface area contributed by atoms with E-state index in [0.717, 1.165) is 6.42 Å². The predicted molar refractivity (Wildman–Crippen MR) is 134 cm³/mol. The van der Waals surface area contributed by atoms with Gasteiger partial charge in [-0.25, -0.2) is 4.98 Å². The molecule has 2 heterocycles. The second kappa shape index (κ2) is 10.5. The van der Waals surface area contributed by atoms with Crippen LogP contribution in [0.25, 0.3) is 10.9 Å². The summed E-state index contributed by atoms with van der Waals surface area (Å²) in [6.07, 6.45) is 0.720. The van der Waals surface area contributed by atoms with E-state index < -0.39 is 0 Å². The van der Waals surface area contributed by atoms with E-state index in [4.69, 9.17) is 0 Å². The summed E-state index contributed by atoms with van der Waals surface area (Å²) in [4.78, 5) is 42.7. The van der Waals surface area contributed by atoms with Crippen molar-refractivity contribution in [3.8, 4) is 0 Å². The quantitative estimate of drug-likeness (QED) is 0.289. The Morgan fingerprint density at radius 2 is 1.73 bits per heavy atom. The molecule has 33 heavy (non-hydrogen) atoms. The molecule has 0 aliphatic rings. The van der Waals surface area contributed by atoms with Gasteiger partial charge in [0.15, 0.2) is 5.16 Å². The van der Waals surface area contributed by atoms with Crippen molar-refractivity contribution in [1.29, 1.82) is 0 Å². The molecule has 4 aromatic rings. The van der Waals surface area contributed by atoms with Crippen molar-refractivity contribution in [1.82, 2.24) is 9.55 Å². The van der Waals surface area contributed by atoms with E-state index in [1.165, 1.54) is 23.6 Å². The van der Waals surface area contributed by atoms with Gasteiger partial charge in [0.05, 0.1) is 16.7 Å². The Hall–Kier alpha value is -3.43. The molecule has 0 saturated carbocycles. The number of anilines is 2. The normalized spacial score (nSPS) is 10.8. The molecule has 2 aromatic heterocycles. The van der Waals surface area contributed by atoms with E-state index in [9.17, 15) is 14.4 Å². The lowest BCUT2D eigenvalue weighted by atomic mass is 10.2. The number of thiophene rings is 1. The zero-order valence-electron chi connectivity index (χ0n) is 17.9. The zero-order valence-corrected chi connectivity index (χ0v) is 19.5. The number of carbonyl (C=O) groups excluding carboxylic acids is 2. The molecule has 0 radical (unpaired) electrons. The zero-order chi connectivity index (χ0) is 23.2. The molecule has 0 fully saturated rings. The molecule has 0 saturated heterocycles. The summed E-state index contributed by atoms with van der Waals surface area (Å²) in [5.41, 5.74) is 1.79. The Bertz CT molecular complexity index is 1330. The highest BCUT2D eigenvalue weighted by Crippen LogP contribution is 2.20. The molecule has 168 valence electrons. The van der Waals surface area contributed by atoms with Gasteiger partial charge in [-0.15, -0.1) is 11.3 Å². The van der Waals surface area contributed by atoms with Gasteiger partial charge in [0.1, 0.15) is 0 Å². The molecular formula is C24H22N4O3S2. The summed E-state index contributed by atoms with van der Waals surface area (Å²) in [7, 11) is 0. The van der Waals surface area contributed by atoms with Crippen LogP contribution in [0.5, 0.6) is 0 Å². The minimum atomic E-state index is -0.209. The van der Waals surface area contributed by atoms with E-state index in [2.05, 4.69) is 15.6 Å². The number of thioether (sulfide) groups is 1. The highest BCUT2D eigenvalue weighted by molar-refractivity contribution is 7.99. The van der Waals surface area contributed by atoms with Gasteiger partial charge in [-0.3, -0.25) is 19.0 Å². The second-order valence-electron chi connectivity index (χ2n) is 7.29. The number of hydrogen-bond acceptors (Lipinski definition) is 6. The van der Waals surface area contributed by atoms with Crippen LogP contribution in [0.1, 0.15) is 11.8 Å². The van der Waals surface area contributed by atoms with E-state index in [-0.39, 0.29) is 23.1 Å². The van der Waals surface area contributed by atoms with Gasteiger partial charge in [0.25, 0.3) is 5.56 Å². The first-order valence-electron chi connectivity index (χ1n) is 10.3. The fraction of sp³-hybridized carbons (Fsp3) is 0.167. The summed E-state index contributed by atoms with van der Waals surface area (Å²) < 4.78 is 1.65. The van der Waals surface area contributed by atoms with Crippen LogP contribution in [0, 0.1) is 0 Å². The van der Waals surface area contributed by atoms with Gasteiger partial charge in [-0.05, 0) is 54.3 Å². The number of para-hydroxylation sites is 1. The number of nitrogens with one attached hydrogen (secondary N) is 2. The molecule has 2 amide bonds. The smallest absolute Gasteiger partial charge is 0.262 e. The minimum absolute atomic E-state index is 0.103. The number of aromatic nitrogens is 2. The molecule has 0 aliphatic carbocycles. The number of carbonyl (C=O) groups is 2. The first-order chi connectivity index (χ1) is 16.0. The molecule has 2 N–H and O–H groups in total. The Morgan fingerprint density at radius 3 is 2.42 bits per heavy atom. The highest BCUT2D eigenvalue weighted by Gasteiger charge is 2.14. The first kappa shape index (κ1) is 22.8. The Balaban J connectivity index is 1.48. The summed E-state index contributed by atoms with van der Waals surface area (Å²) in [6.45, 7) is 1.93. The van der Waals surface area contributed by atoms with Crippen LogP contribution in [-0.2, 0) is 22.6 Å². The first-order valence-corrected chi connectivity index (χ1v) is 12.2. The lowest BCUT2D eigenvalue weighted by molar-refractivity contribution is -0.114. The third-order valence-electron chi connectivity index (χ3n) is 4.81. The van der Waals surface area contributed by atoms with Crippen LogP contribution in [0.2, 0.25) is 0 Å². The molecular weight excluding hydrogens is 456 g/mol. The standard InChI is InChI=1S/C24H22N4O3S2/c1-16(29)25-17-8-10-18(11-9-17)26-22(30)15-33-24-27-21-7-3-2-6-20(21)23(31)28(24)13-12-19-5-4-14-32-19/h2-11,14H,12-13,15H2,1H3,(H,25,29)(H,26,30). The van der Waals surface area contributed by atoms with Crippen LogP contribution in [0.4, 0.5) is 11.4 Å². The average Bonchev–Trinajstić information content (AvgIpc) is 3.32. The van der Waals surface area contributed by atoms with Gasteiger partial charge in [-0.2, -0.15) is 0 Å². The van der Waals surface area contributed by atoms with Crippen molar-refractivity contribution in [2.45, 2.75) is 25.0 Å². The van der Waals surface area contributed by atoms with Crippen LogP contribution in [0.15, 0.2) is 76.0 Å². The van der Waals surface area contributed by atoms with E-state index >= 15 is 0 Å². The molecule has 4 rings (SSSR count). The molecule has 0 unspecified atom stereocenters. The van der Waals surface area contributed by atoms with Crippen LogP contribution < -0.4 is 16.2 Å². The van der Waals surface area contributed by atoms with Crippen molar-refractivity contribution in [3.63, 3.8) is 0 Å². The van der Waals surface area contributed by atoms with Gasteiger partial charge in [0.2, 0.25) is 11.8 Å². The van der Waals surface area contributed by atoms with Crippen molar-refractivity contribution >= 4 is 57.2 Å². The average molecular weight is 479 g/mol. The van der Waals surface area contributed by atoms with Crippen LogP contribution in [0.3, 0.4) is 0 Å². The molecule has 2 aromatic carbocycles. The third kappa shape index (κ3) is 5.88. The maximum Gasteiger partial charge on any atom is 0.262 e. The summed E-state index contributed by atoms with van der Waals surface area (Å²) in [5, 5.41) is 8.62. The van der Waals surface area contributed by atoms with Gasteiger partial charge < -0.3 is 10.6 Å². The highest BCUT2D eigenvalue weighted by atomic mass is 32.2. The summed E-state index contributed by atoms with van der Waals surface area (Å²) >= 11 is 2.89. The number of rotatable bonds is 8. The largest absolute Gasteiger partial charge is 0.326 e. The summed E-state index contributed by atoms with van der Waals surface area (Å²) in [5.74, 6) is -0.257. The third-order valence-corrected chi connectivity index (χ3v) is 6.72. The van der Waals surface area contributed by atoms with Crippen LogP contribution >= 0.6 is 23.1 Å². The molecule has 0 bridgehead atoms.